The molecule has 0 aliphatic carbocycles. The number of aliphatic hydroxyl groups excluding tert-OH is 2. The van der Waals surface area contributed by atoms with Crippen LogP contribution in [-0.2, 0) is 4.74 Å². The maximum Gasteiger partial charge on any atom is 0.0462 e. The topological polar surface area (TPSA) is 49.7 Å². The van der Waals surface area contributed by atoms with Crippen LogP contribution in [-0.4, -0.2) is 43.5 Å². The summed E-state index contributed by atoms with van der Waals surface area (Å²) in [6.45, 7) is 11.2. The lowest BCUT2D eigenvalue weighted by Gasteiger charge is -1.96. The zero-order valence-corrected chi connectivity index (χ0v) is 16.5. The van der Waals surface area contributed by atoms with Crippen LogP contribution in [0.4, 0.5) is 0 Å². The Labute approximate surface area is 140 Å². The molecule has 3 nitrogen and oxygen atoms in total. The van der Waals surface area contributed by atoms with Crippen molar-refractivity contribution in [2.45, 2.75) is 79.6 Å². The third-order valence-corrected chi connectivity index (χ3v) is 2.21. The Morgan fingerprint density at radius 3 is 1.43 bits per heavy atom. The van der Waals surface area contributed by atoms with E-state index in [1.54, 1.807) is 14.0 Å². The second-order valence-electron chi connectivity index (χ2n) is 3.77. The summed E-state index contributed by atoms with van der Waals surface area (Å²) in [5.74, 6) is 0.799. The van der Waals surface area contributed by atoms with Crippen molar-refractivity contribution in [2.24, 2.45) is 0 Å². The minimum Gasteiger partial charge on any atom is -0.400 e. The van der Waals surface area contributed by atoms with E-state index in [4.69, 9.17) is 26.6 Å². The lowest BCUT2D eigenvalue weighted by Crippen LogP contribution is -1.87. The van der Waals surface area contributed by atoms with Crippen LogP contribution in [0.5, 0.6) is 0 Å². The first-order chi connectivity index (χ1) is 10.2. The highest BCUT2D eigenvalue weighted by Crippen LogP contribution is 2.00. The molecule has 0 aromatic rings. The van der Waals surface area contributed by atoms with Gasteiger partial charge in [-0.05, 0) is 19.8 Å². The number of hydrogen-bond donors (Lipinski definition) is 2. The first-order valence-electron chi connectivity index (χ1n) is 8.35. The number of hydrogen-bond acceptors (Lipinski definition) is 3. The Kier molecular flexibility index (Phi) is 93.2. The van der Waals surface area contributed by atoms with Crippen molar-refractivity contribution in [3.8, 4) is 0 Å². The predicted octanol–water partition coefficient (Wildman–Crippen LogP) is 5.26. The van der Waals surface area contributed by atoms with E-state index in [0.29, 0.717) is 0 Å². The molecule has 0 saturated carbocycles. The molecule has 0 heterocycles. The van der Waals surface area contributed by atoms with Crippen LogP contribution in [0.3, 0.4) is 0 Å². The van der Waals surface area contributed by atoms with E-state index in [-0.39, 0.29) is 6.61 Å². The molecule has 0 unspecified atom stereocenters. The maximum absolute atomic E-state index is 7.57. The third-order valence-electron chi connectivity index (χ3n) is 1.94. The molecule has 0 fully saturated rings. The monoisotopic (exact) mass is 330 g/mol. The summed E-state index contributed by atoms with van der Waals surface area (Å²) in [5.41, 5.74) is 0. The number of halogens is 1. The van der Waals surface area contributed by atoms with Gasteiger partial charge in [0.15, 0.2) is 0 Å². The summed E-state index contributed by atoms with van der Waals surface area (Å²) >= 11 is 5.48. The first-order valence-corrected chi connectivity index (χ1v) is 8.88. The number of alkyl halides is 1. The minimum absolute atomic E-state index is 0.250. The number of unbranched alkanes of at least 4 members (excludes halogenated alkanes) is 5. The van der Waals surface area contributed by atoms with Crippen molar-refractivity contribution < 1.29 is 14.9 Å². The fourth-order valence-electron chi connectivity index (χ4n) is 1.05. The highest BCUT2D eigenvalue weighted by atomic mass is 35.5. The molecule has 0 aliphatic rings. The summed E-state index contributed by atoms with van der Waals surface area (Å²) in [6, 6.07) is 0. The largest absolute Gasteiger partial charge is 0.400 e. The SMILES string of the molecule is CC.CCCCC.CCO.CO.COCCCCCCCl. The molecular weight excluding hydrogens is 288 g/mol. The average Bonchev–Trinajstić information content (AvgIpc) is 2.53. The first kappa shape index (κ1) is 32.9. The molecular formula is C17H43ClO3. The molecule has 0 aliphatic heterocycles. The predicted molar refractivity (Wildman–Crippen MR) is 98.5 cm³/mol. The number of aliphatic hydroxyl groups is 2. The molecule has 0 aromatic carbocycles. The van der Waals surface area contributed by atoms with Gasteiger partial charge in [0.1, 0.15) is 0 Å². The minimum atomic E-state index is 0.250. The van der Waals surface area contributed by atoms with Crippen molar-refractivity contribution in [2.75, 3.05) is 33.3 Å². The van der Waals surface area contributed by atoms with Crippen LogP contribution in [0.25, 0.3) is 0 Å². The van der Waals surface area contributed by atoms with Crippen LogP contribution in [0.1, 0.15) is 79.6 Å². The van der Waals surface area contributed by atoms with Gasteiger partial charge in [0.25, 0.3) is 0 Å². The van der Waals surface area contributed by atoms with Crippen molar-refractivity contribution >= 4 is 11.6 Å². The van der Waals surface area contributed by atoms with Gasteiger partial charge in [-0.2, -0.15) is 0 Å². The molecule has 2 N–H and O–H groups in total. The van der Waals surface area contributed by atoms with Gasteiger partial charge in [0.05, 0.1) is 0 Å². The normalized spacial score (nSPS) is 7.71. The summed E-state index contributed by atoms with van der Waals surface area (Å²) < 4.78 is 4.89. The fourth-order valence-corrected chi connectivity index (χ4v) is 1.24. The molecule has 21 heavy (non-hydrogen) atoms. The molecule has 0 radical (unpaired) electrons. The fraction of sp³-hybridized carbons (Fsp3) is 1.00. The van der Waals surface area contributed by atoms with E-state index in [0.717, 1.165) is 26.0 Å². The number of methoxy groups -OCH3 is 1. The van der Waals surface area contributed by atoms with Crippen LogP contribution in [0, 0.1) is 0 Å². The second kappa shape index (κ2) is 59.4. The molecule has 136 valence electrons. The number of ether oxygens (including phenoxy) is 1. The van der Waals surface area contributed by atoms with Crippen LogP contribution < -0.4 is 0 Å². The van der Waals surface area contributed by atoms with Crippen molar-refractivity contribution in [3.05, 3.63) is 0 Å². The quantitative estimate of drug-likeness (QED) is 0.471. The Bertz CT molecular complexity index is 86.1. The summed E-state index contributed by atoms with van der Waals surface area (Å²) in [5, 5.41) is 14.6. The molecule has 0 bridgehead atoms. The van der Waals surface area contributed by atoms with Gasteiger partial charge in [-0.15, -0.1) is 11.6 Å². The van der Waals surface area contributed by atoms with Gasteiger partial charge in [0, 0.05) is 33.3 Å². The van der Waals surface area contributed by atoms with Crippen molar-refractivity contribution in [3.63, 3.8) is 0 Å². The molecule has 0 atom stereocenters. The third kappa shape index (κ3) is 99.8. The van der Waals surface area contributed by atoms with Crippen LogP contribution >= 0.6 is 11.6 Å². The molecule has 0 saturated heterocycles. The average molecular weight is 331 g/mol. The van der Waals surface area contributed by atoms with E-state index in [1.165, 1.54) is 38.5 Å². The van der Waals surface area contributed by atoms with Crippen LogP contribution in [0.15, 0.2) is 0 Å². The Hall–Kier alpha value is 0.170. The van der Waals surface area contributed by atoms with E-state index in [2.05, 4.69) is 13.8 Å². The van der Waals surface area contributed by atoms with E-state index in [9.17, 15) is 0 Å². The molecule has 0 aromatic heterocycles. The lowest BCUT2D eigenvalue weighted by atomic mass is 10.2. The molecule has 0 rings (SSSR count). The molecule has 4 heteroatoms. The van der Waals surface area contributed by atoms with Gasteiger partial charge < -0.3 is 14.9 Å². The Morgan fingerprint density at radius 2 is 1.19 bits per heavy atom. The van der Waals surface area contributed by atoms with Gasteiger partial charge in [0.2, 0.25) is 0 Å². The highest BCUT2D eigenvalue weighted by molar-refractivity contribution is 6.17. The van der Waals surface area contributed by atoms with Gasteiger partial charge in [-0.3, -0.25) is 0 Å². The van der Waals surface area contributed by atoms with Crippen molar-refractivity contribution in [1.29, 1.82) is 0 Å². The van der Waals surface area contributed by atoms with Crippen molar-refractivity contribution in [1.82, 2.24) is 0 Å². The summed E-state index contributed by atoms with van der Waals surface area (Å²) in [4.78, 5) is 0. The molecule has 0 spiro atoms. The van der Waals surface area contributed by atoms with Gasteiger partial charge in [-0.1, -0.05) is 59.8 Å². The second-order valence-corrected chi connectivity index (χ2v) is 4.14. The smallest absolute Gasteiger partial charge is 0.0462 e. The standard InChI is InChI=1S/C7H15ClO.C5H12.C2H6O.C2H6.CH4O/c1-9-7-5-3-2-4-6-8;1-3-5-4-2;1-2-3;2*1-2/h2-7H2,1H3;3-5H2,1-2H3;3H,2H2,1H3;1-2H3;2H,1H3. The Morgan fingerprint density at radius 1 is 0.810 bits per heavy atom. The zero-order chi connectivity index (χ0) is 17.8. The van der Waals surface area contributed by atoms with Crippen LogP contribution in [0.2, 0.25) is 0 Å². The van der Waals surface area contributed by atoms with E-state index < -0.39 is 0 Å². The lowest BCUT2D eigenvalue weighted by molar-refractivity contribution is 0.192. The maximum atomic E-state index is 7.57. The summed E-state index contributed by atoms with van der Waals surface area (Å²) in [6.07, 6.45) is 8.89. The molecule has 0 amide bonds. The number of rotatable bonds is 8. The van der Waals surface area contributed by atoms with E-state index in [1.807, 2.05) is 13.8 Å². The van der Waals surface area contributed by atoms with Gasteiger partial charge >= 0.3 is 0 Å². The van der Waals surface area contributed by atoms with Gasteiger partial charge in [-0.25, -0.2) is 0 Å². The highest BCUT2D eigenvalue weighted by Gasteiger charge is 1.86. The Balaban J connectivity index is -0.0000000604. The zero-order valence-electron chi connectivity index (χ0n) is 15.8. The van der Waals surface area contributed by atoms with E-state index >= 15 is 0 Å². The summed E-state index contributed by atoms with van der Waals surface area (Å²) in [7, 11) is 2.74.